The highest BCUT2D eigenvalue weighted by Gasteiger charge is 2.31. The van der Waals surface area contributed by atoms with E-state index in [1.54, 1.807) is 38.3 Å². The van der Waals surface area contributed by atoms with E-state index < -0.39 is 28.5 Å². The van der Waals surface area contributed by atoms with Gasteiger partial charge in [0.05, 0.1) is 19.1 Å². The Balaban J connectivity index is 2.44. The van der Waals surface area contributed by atoms with Crippen LogP contribution in [0.25, 0.3) is 0 Å². The van der Waals surface area contributed by atoms with E-state index in [4.69, 9.17) is 4.74 Å². The molecule has 0 saturated heterocycles. The molecule has 0 aliphatic carbocycles. The molecular weight excluding hydrogens is 478 g/mol. The van der Waals surface area contributed by atoms with Crippen molar-refractivity contribution in [2.75, 3.05) is 24.2 Å². The molecule has 1 N–H and O–H groups in total. The minimum absolute atomic E-state index is 0.0520. The first-order chi connectivity index (χ1) is 16.9. The summed E-state index contributed by atoms with van der Waals surface area (Å²) in [7, 11) is -2.21. The number of carbonyl (C=O) groups excluding carboxylic acids is 2. The van der Waals surface area contributed by atoms with Gasteiger partial charge in [0.25, 0.3) is 0 Å². The smallest absolute Gasteiger partial charge is 0.244 e. The molecule has 0 aliphatic rings. The second-order valence-electron chi connectivity index (χ2n) is 9.35. The molecule has 0 saturated carbocycles. The van der Waals surface area contributed by atoms with Crippen LogP contribution in [-0.2, 0) is 26.2 Å². The van der Waals surface area contributed by atoms with Gasteiger partial charge < -0.3 is 15.0 Å². The first-order valence-electron chi connectivity index (χ1n) is 12.2. The Morgan fingerprint density at radius 2 is 1.61 bits per heavy atom. The van der Waals surface area contributed by atoms with Crippen LogP contribution in [0.5, 0.6) is 5.75 Å². The Bertz CT molecular complexity index is 1130. The third-order valence-corrected chi connectivity index (χ3v) is 7.31. The second kappa shape index (κ2) is 12.8. The van der Waals surface area contributed by atoms with Crippen molar-refractivity contribution in [3.05, 3.63) is 59.7 Å². The standard InChI is InChI=1S/C27H39N3O5S/c1-8-20(4)28-27(32)21(5)29(17-22-13-15-23(35-6)16-14-22)26(31)18-30(36(7,33)34)25-12-10-9-11-24(25)19(2)3/h9-16,19-21H,8,17-18H2,1-7H3,(H,28,32)/t20-,21+/m0/s1. The van der Waals surface area contributed by atoms with E-state index in [1.807, 2.05) is 52.0 Å². The van der Waals surface area contributed by atoms with Crippen LogP contribution in [0.2, 0.25) is 0 Å². The lowest BCUT2D eigenvalue weighted by Gasteiger charge is -2.32. The monoisotopic (exact) mass is 517 g/mol. The van der Waals surface area contributed by atoms with E-state index >= 15 is 0 Å². The Morgan fingerprint density at radius 3 is 2.14 bits per heavy atom. The number of anilines is 1. The molecule has 198 valence electrons. The zero-order chi connectivity index (χ0) is 27.0. The number of methoxy groups -OCH3 is 1. The number of nitrogens with one attached hydrogen (secondary N) is 1. The van der Waals surface area contributed by atoms with Gasteiger partial charge in [-0.15, -0.1) is 0 Å². The van der Waals surface area contributed by atoms with Gasteiger partial charge in [-0.05, 0) is 55.5 Å². The fraction of sp³-hybridized carbons (Fsp3) is 0.481. The van der Waals surface area contributed by atoms with E-state index in [0.29, 0.717) is 11.4 Å². The predicted octanol–water partition coefficient (Wildman–Crippen LogP) is 3.92. The van der Waals surface area contributed by atoms with Crippen molar-refractivity contribution < 1.29 is 22.7 Å². The van der Waals surface area contributed by atoms with E-state index in [9.17, 15) is 18.0 Å². The molecule has 2 rings (SSSR count). The third kappa shape index (κ3) is 7.71. The van der Waals surface area contributed by atoms with Crippen LogP contribution < -0.4 is 14.4 Å². The number of hydrogen-bond acceptors (Lipinski definition) is 5. The van der Waals surface area contributed by atoms with Crippen LogP contribution in [0.4, 0.5) is 5.69 Å². The lowest BCUT2D eigenvalue weighted by molar-refractivity contribution is -0.139. The van der Waals surface area contributed by atoms with Crippen LogP contribution in [0.3, 0.4) is 0 Å². The van der Waals surface area contributed by atoms with Crippen molar-refractivity contribution in [3.8, 4) is 5.75 Å². The molecule has 2 atom stereocenters. The summed E-state index contributed by atoms with van der Waals surface area (Å²) in [5, 5.41) is 2.92. The maximum absolute atomic E-state index is 13.7. The summed E-state index contributed by atoms with van der Waals surface area (Å²) in [5.41, 5.74) is 2.07. The number of nitrogens with zero attached hydrogens (tertiary/aromatic N) is 2. The third-order valence-electron chi connectivity index (χ3n) is 6.19. The van der Waals surface area contributed by atoms with Crippen molar-refractivity contribution in [3.63, 3.8) is 0 Å². The average Bonchev–Trinajstić information content (AvgIpc) is 2.84. The summed E-state index contributed by atoms with van der Waals surface area (Å²) in [5.74, 6) is -0.0368. The molecule has 0 unspecified atom stereocenters. The Morgan fingerprint density at radius 1 is 1.00 bits per heavy atom. The van der Waals surface area contributed by atoms with Crippen molar-refractivity contribution in [2.24, 2.45) is 0 Å². The topological polar surface area (TPSA) is 96.0 Å². The number of benzene rings is 2. The van der Waals surface area contributed by atoms with Crippen LogP contribution in [-0.4, -0.2) is 57.1 Å². The number of rotatable bonds is 12. The highest BCUT2D eigenvalue weighted by atomic mass is 32.2. The first-order valence-corrected chi connectivity index (χ1v) is 14.0. The van der Waals surface area contributed by atoms with Crippen LogP contribution >= 0.6 is 0 Å². The summed E-state index contributed by atoms with van der Waals surface area (Å²) in [4.78, 5) is 28.1. The van der Waals surface area contributed by atoms with Gasteiger partial charge >= 0.3 is 0 Å². The molecule has 0 radical (unpaired) electrons. The van der Waals surface area contributed by atoms with Crippen LogP contribution in [0.15, 0.2) is 48.5 Å². The molecule has 2 aromatic carbocycles. The van der Waals surface area contributed by atoms with Gasteiger partial charge in [-0.25, -0.2) is 8.42 Å². The fourth-order valence-electron chi connectivity index (χ4n) is 3.77. The van der Waals surface area contributed by atoms with Crippen molar-refractivity contribution in [2.45, 2.75) is 65.6 Å². The number of carbonyl (C=O) groups is 2. The van der Waals surface area contributed by atoms with Crippen LogP contribution in [0.1, 0.15) is 58.1 Å². The Hall–Kier alpha value is -3.07. The molecule has 0 fully saturated rings. The lowest BCUT2D eigenvalue weighted by Crippen LogP contribution is -2.52. The summed E-state index contributed by atoms with van der Waals surface area (Å²) in [6.07, 6.45) is 1.84. The number of para-hydroxylation sites is 1. The normalized spacial score (nSPS) is 13.1. The second-order valence-corrected chi connectivity index (χ2v) is 11.3. The lowest BCUT2D eigenvalue weighted by atomic mass is 10.0. The van der Waals surface area contributed by atoms with Gasteiger partial charge in [0.2, 0.25) is 21.8 Å². The highest BCUT2D eigenvalue weighted by Crippen LogP contribution is 2.29. The minimum Gasteiger partial charge on any atom is -0.497 e. The molecule has 9 heteroatoms. The zero-order valence-corrected chi connectivity index (χ0v) is 23.1. The summed E-state index contributed by atoms with van der Waals surface area (Å²) in [6.45, 7) is 9.18. The van der Waals surface area contributed by atoms with Crippen LogP contribution in [0, 0.1) is 0 Å². The quantitative estimate of drug-likeness (QED) is 0.460. The van der Waals surface area contributed by atoms with Gasteiger partial charge in [-0.2, -0.15) is 0 Å². The van der Waals surface area contributed by atoms with Gasteiger partial charge in [-0.3, -0.25) is 13.9 Å². The van der Waals surface area contributed by atoms with Crippen molar-refractivity contribution in [1.82, 2.24) is 10.2 Å². The maximum atomic E-state index is 13.7. The van der Waals surface area contributed by atoms with Gasteiger partial charge in [0, 0.05) is 12.6 Å². The molecule has 36 heavy (non-hydrogen) atoms. The van der Waals surface area contributed by atoms with E-state index in [0.717, 1.165) is 28.1 Å². The van der Waals surface area contributed by atoms with E-state index in [1.165, 1.54) is 4.90 Å². The minimum atomic E-state index is -3.78. The molecule has 0 spiro atoms. The molecule has 0 bridgehead atoms. The summed E-state index contributed by atoms with van der Waals surface area (Å²) < 4.78 is 32.0. The first kappa shape index (κ1) is 29.2. The van der Waals surface area contributed by atoms with Gasteiger partial charge in [0.1, 0.15) is 18.3 Å². The number of amides is 2. The zero-order valence-electron chi connectivity index (χ0n) is 22.3. The van der Waals surface area contributed by atoms with E-state index in [2.05, 4.69) is 5.32 Å². The molecule has 0 heterocycles. The number of ether oxygens (including phenoxy) is 1. The summed E-state index contributed by atoms with van der Waals surface area (Å²) >= 11 is 0. The largest absolute Gasteiger partial charge is 0.497 e. The van der Waals surface area contributed by atoms with Crippen molar-refractivity contribution in [1.29, 1.82) is 0 Å². The molecule has 8 nitrogen and oxygen atoms in total. The summed E-state index contributed by atoms with van der Waals surface area (Å²) in [6, 6.07) is 13.5. The number of sulfonamides is 1. The van der Waals surface area contributed by atoms with Crippen molar-refractivity contribution >= 4 is 27.5 Å². The molecule has 0 aliphatic heterocycles. The number of hydrogen-bond donors (Lipinski definition) is 1. The van der Waals surface area contributed by atoms with Gasteiger partial charge in [-0.1, -0.05) is 51.1 Å². The fourth-order valence-corrected chi connectivity index (χ4v) is 4.64. The molecule has 2 amide bonds. The predicted molar refractivity (Wildman–Crippen MR) is 144 cm³/mol. The average molecular weight is 518 g/mol. The van der Waals surface area contributed by atoms with E-state index in [-0.39, 0.29) is 24.4 Å². The Labute approximate surface area is 215 Å². The molecular formula is C27H39N3O5S. The maximum Gasteiger partial charge on any atom is 0.244 e. The molecule has 0 aromatic heterocycles. The molecule has 2 aromatic rings. The highest BCUT2D eigenvalue weighted by molar-refractivity contribution is 7.92. The SMILES string of the molecule is CC[C@H](C)NC(=O)[C@@H](C)N(Cc1ccc(OC)cc1)C(=O)CN(c1ccccc1C(C)C)S(C)(=O)=O. The Kier molecular flexibility index (Phi) is 10.3. The van der Waals surface area contributed by atoms with Gasteiger partial charge in [0.15, 0.2) is 0 Å².